The van der Waals surface area contributed by atoms with Crippen molar-refractivity contribution in [1.29, 1.82) is 0 Å². The van der Waals surface area contributed by atoms with Gasteiger partial charge in [0.2, 0.25) is 0 Å². The maximum atomic E-state index is 12.2. The standard InChI is InChI=1S/C17H15Cl2NO2/c18-13-5-6-16(19)15(8-13)17(21)20-9-14-7-11-3-1-2-4-12(11)10-22-14/h1-6,8,14H,7,9-10H2,(H,20,21). The van der Waals surface area contributed by atoms with Gasteiger partial charge in [0, 0.05) is 18.0 Å². The molecule has 0 aliphatic carbocycles. The second kappa shape index (κ2) is 6.69. The van der Waals surface area contributed by atoms with E-state index >= 15 is 0 Å². The number of hydrogen-bond donors (Lipinski definition) is 1. The lowest BCUT2D eigenvalue weighted by molar-refractivity contribution is 0.0285. The van der Waals surface area contributed by atoms with Crippen molar-refractivity contribution in [2.45, 2.75) is 19.1 Å². The van der Waals surface area contributed by atoms with Crippen molar-refractivity contribution in [3.05, 3.63) is 69.2 Å². The van der Waals surface area contributed by atoms with Crippen LogP contribution in [0.15, 0.2) is 42.5 Å². The normalized spacial score (nSPS) is 16.9. The minimum atomic E-state index is -0.241. The summed E-state index contributed by atoms with van der Waals surface area (Å²) in [7, 11) is 0. The predicted octanol–water partition coefficient (Wildman–Crippen LogP) is 3.86. The molecule has 114 valence electrons. The SMILES string of the molecule is O=C(NCC1Cc2ccccc2CO1)c1cc(Cl)ccc1Cl. The highest BCUT2D eigenvalue weighted by Gasteiger charge is 2.20. The van der Waals surface area contributed by atoms with Crippen LogP contribution < -0.4 is 5.32 Å². The van der Waals surface area contributed by atoms with Crippen LogP contribution in [0.1, 0.15) is 21.5 Å². The highest BCUT2D eigenvalue weighted by molar-refractivity contribution is 6.35. The predicted molar refractivity (Wildman–Crippen MR) is 87.5 cm³/mol. The van der Waals surface area contributed by atoms with Crippen molar-refractivity contribution in [2.75, 3.05) is 6.54 Å². The zero-order valence-corrected chi connectivity index (χ0v) is 13.3. The molecule has 1 unspecified atom stereocenters. The van der Waals surface area contributed by atoms with E-state index in [1.165, 1.54) is 11.1 Å². The Balaban J connectivity index is 1.61. The number of hydrogen-bond acceptors (Lipinski definition) is 2. The van der Waals surface area contributed by atoms with Crippen molar-refractivity contribution in [2.24, 2.45) is 0 Å². The fraction of sp³-hybridized carbons (Fsp3) is 0.235. The largest absolute Gasteiger partial charge is 0.371 e. The molecule has 0 fully saturated rings. The fourth-order valence-electron chi connectivity index (χ4n) is 2.51. The summed E-state index contributed by atoms with van der Waals surface area (Å²) in [4.78, 5) is 12.2. The molecular weight excluding hydrogens is 321 g/mol. The van der Waals surface area contributed by atoms with E-state index in [-0.39, 0.29) is 12.0 Å². The molecule has 0 saturated heterocycles. The number of carbonyl (C=O) groups excluding carboxylic acids is 1. The van der Waals surface area contributed by atoms with Crippen LogP contribution in [0.4, 0.5) is 0 Å². The van der Waals surface area contributed by atoms with Crippen LogP contribution in [0.3, 0.4) is 0 Å². The smallest absolute Gasteiger partial charge is 0.252 e. The first-order chi connectivity index (χ1) is 10.6. The molecule has 1 amide bonds. The van der Waals surface area contributed by atoms with Gasteiger partial charge >= 0.3 is 0 Å². The van der Waals surface area contributed by atoms with E-state index in [9.17, 15) is 4.79 Å². The van der Waals surface area contributed by atoms with E-state index in [2.05, 4.69) is 17.4 Å². The Labute approximate surface area is 139 Å². The molecule has 0 spiro atoms. The molecule has 1 aliphatic heterocycles. The van der Waals surface area contributed by atoms with Crippen LogP contribution >= 0.6 is 23.2 Å². The molecule has 0 bridgehead atoms. The minimum Gasteiger partial charge on any atom is -0.371 e. The summed E-state index contributed by atoms with van der Waals surface area (Å²) in [6.45, 7) is 1.02. The van der Waals surface area contributed by atoms with Gasteiger partial charge in [-0.1, -0.05) is 47.5 Å². The molecule has 0 aromatic heterocycles. The number of benzene rings is 2. The van der Waals surface area contributed by atoms with Crippen LogP contribution in [0.2, 0.25) is 10.0 Å². The molecule has 2 aromatic rings. The van der Waals surface area contributed by atoms with E-state index in [1.807, 2.05) is 12.1 Å². The van der Waals surface area contributed by atoms with Gasteiger partial charge in [0.25, 0.3) is 5.91 Å². The Bertz CT molecular complexity index is 703. The van der Waals surface area contributed by atoms with Gasteiger partial charge in [-0.05, 0) is 29.3 Å². The first-order valence-corrected chi connectivity index (χ1v) is 7.80. The van der Waals surface area contributed by atoms with Crippen LogP contribution in [0.5, 0.6) is 0 Å². The van der Waals surface area contributed by atoms with Crippen LogP contribution in [0.25, 0.3) is 0 Å². The van der Waals surface area contributed by atoms with Crippen molar-refractivity contribution in [1.82, 2.24) is 5.32 Å². The molecule has 22 heavy (non-hydrogen) atoms. The molecular formula is C17H15Cl2NO2. The van der Waals surface area contributed by atoms with Gasteiger partial charge in [0.05, 0.1) is 23.3 Å². The summed E-state index contributed by atoms with van der Waals surface area (Å²) in [5, 5.41) is 3.73. The number of halogens is 2. The molecule has 2 aromatic carbocycles. The summed E-state index contributed by atoms with van der Waals surface area (Å²) >= 11 is 11.9. The Morgan fingerprint density at radius 1 is 1.18 bits per heavy atom. The summed E-state index contributed by atoms with van der Waals surface area (Å²) in [6.07, 6.45) is 0.761. The Hall–Kier alpha value is -1.55. The molecule has 0 radical (unpaired) electrons. The third kappa shape index (κ3) is 3.43. The third-order valence-electron chi connectivity index (χ3n) is 3.70. The maximum absolute atomic E-state index is 12.2. The highest BCUT2D eigenvalue weighted by atomic mass is 35.5. The lowest BCUT2D eigenvalue weighted by Gasteiger charge is -2.25. The molecule has 0 saturated carbocycles. The highest BCUT2D eigenvalue weighted by Crippen LogP contribution is 2.22. The molecule has 1 N–H and O–H groups in total. The van der Waals surface area contributed by atoms with Crippen LogP contribution in [0, 0.1) is 0 Å². The van der Waals surface area contributed by atoms with Crippen molar-refractivity contribution in [3.8, 4) is 0 Å². The third-order valence-corrected chi connectivity index (χ3v) is 4.27. The molecule has 1 atom stereocenters. The van der Waals surface area contributed by atoms with E-state index in [4.69, 9.17) is 27.9 Å². The first-order valence-electron chi connectivity index (χ1n) is 7.05. The zero-order chi connectivity index (χ0) is 15.5. The Kier molecular flexibility index (Phi) is 4.67. The summed E-state index contributed by atoms with van der Waals surface area (Å²) in [5.41, 5.74) is 2.86. The second-order valence-electron chi connectivity index (χ2n) is 5.24. The number of rotatable bonds is 3. The summed E-state index contributed by atoms with van der Waals surface area (Å²) in [5.74, 6) is -0.241. The van der Waals surface area contributed by atoms with Gasteiger partial charge in [-0.2, -0.15) is 0 Å². The van der Waals surface area contributed by atoms with Gasteiger partial charge in [-0.25, -0.2) is 0 Å². The number of carbonyl (C=O) groups is 1. The van der Waals surface area contributed by atoms with E-state index < -0.39 is 0 Å². The maximum Gasteiger partial charge on any atom is 0.252 e. The lowest BCUT2D eigenvalue weighted by atomic mass is 9.99. The van der Waals surface area contributed by atoms with Crippen LogP contribution in [-0.4, -0.2) is 18.6 Å². The number of ether oxygens (including phenoxy) is 1. The monoisotopic (exact) mass is 335 g/mol. The Morgan fingerprint density at radius 3 is 2.77 bits per heavy atom. The number of nitrogens with one attached hydrogen (secondary N) is 1. The average molecular weight is 336 g/mol. The Morgan fingerprint density at radius 2 is 1.95 bits per heavy atom. The quantitative estimate of drug-likeness (QED) is 0.924. The summed E-state index contributed by atoms with van der Waals surface area (Å²) in [6, 6.07) is 13.0. The molecule has 1 heterocycles. The minimum absolute atomic E-state index is 0.0307. The lowest BCUT2D eigenvalue weighted by Crippen LogP contribution is -2.36. The second-order valence-corrected chi connectivity index (χ2v) is 6.08. The fourth-order valence-corrected chi connectivity index (χ4v) is 2.89. The topological polar surface area (TPSA) is 38.3 Å². The van der Waals surface area contributed by atoms with Crippen molar-refractivity contribution >= 4 is 29.1 Å². The number of amides is 1. The number of fused-ring (bicyclic) bond motifs is 1. The van der Waals surface area contributed by atoms with Gasteiger partial charge < -0.3 is 10.1 Å². The van der Waals surface area contributed by atoms with E-state index in [1.54, 1.807) is 18.2 Å². The average Bonchev–Trinajstić information content (AvgIpc) is 2.54. The summed E-state index contributed by atoms with van der Waals surface area (Å²) < 4.78 is 5.77. The van der Waals surface area contributed by atoms with E-state index in [0.29, 0.717) is 28.8 Å². The van der Waals surface area contributed by atoms with E-state index in [0.717, 1.165) is 6.42 Å². The van der Waals surface area contributed by atoms with Crippen LogP contribution in [-0.2, 0) is 17.8 Å². The van der Waals surface area contributed by atoms with Gasteiger partial charge in [-0.15, -0.1) is 0 Å². The van der Waals surface area contributed by atoms with Gasteiger partial charge in [0.15, 0.2) is 0 Å². The van der Waals surface area contributed by atoms with Gasteiger partial charge in [0.1, 0.15) is 0 Å². The first kappa shape index (κ1) is 15.3. The molecule has 3 rings (SSSR count). The molecule has 3 nitrogen and oxygen atoms in total. The van der Waals surface area contributed by atoms with Crippen molar-refractivity contribution < 1.29 is 9.53 Å². The van der Waals surface area contributed by atoms with Crippen molar-refractivity contribution in [3.63, 3.8) is 0 Å². The van der Waals surface area contributed by atoms with Gasteiger partial charge in [-0.3, -0.25) is 4.79 Å². The molecule has 1 aliphatic rings. The molecule has 5 heteroatoms. The zero-order valence-electron chi connectivity index (χ0n) is 11.8.